The molecule has 3 nitrogen and oxygen atoms in total. The first kappa shape index (κ1) is 15.6. The highest BCUT2D eigenvalue weighted by atomic mass is 35.5. The zero-order valence-electron chi connectivity index (χ0n) is 9.66. The first-order valence-corrected chi connectivity index (χ1v) is 6.33. The Morgan fingerprint density at radius 2 is 2.11 bits per heavy atom. The van der Waals surface area contributed by atoms with Crippen LogP contribution in [0.25, 0.3) is 0 Å². The Kier molecular flexibility index (Phi) is 5.73. The smallest absolute Gasteiger partial charge is 0.253 e. The summed E-state index contributed by atoms with van der Waals surface area (Å²) >= 11 is 11.7. The maximum Gasteiger partial charge on any atom is 0.253 e. The molecule has 6 heteroatoms. The topological polar surface area (TPSA) is 55.1 Å². The monoisotopic (exact) mass is 308 g/mol. The molecule has 1 aromatic rings. The molecule has 0 bridgehead atoms. The summed E-state index contributed by atoms with van der Waals surface area (Å²) in [7, 11) is 0. The van der Waals surface area contributed by atoms with Crippen molar-refractivity contribution in [3.8, 4) is 0 Å². The minimum atomic E-state index is -0.186. The number of nitrogens with two attached hydrogens (primary N) is 1. The molecule has 3 N–H and O–H groups in total. The summed E-state index contributed by atoms with van der Waals surface area (Å²) in [5.74, 6) is 0.337. The number of benzene rings is 1. The molecule has 0 saturated heterocycles. The number of hydrogen-bond donors (Lipinski definition) is 2. The van der Waals surface area contributed by atoms with E-state index in [1.54, 1.807) is 18.2 Å². The van der Waals surface area contributed by atoms with Gasteiger partial charge in [-0.1, -0.05) is 23.2 Å². The number of amides is 1. The highest BCUT2D eigenvalue weighted by molar-refractivity contribution is 6.36. The van der Waals surface area contributed by atoms with Gasteiger partial charge in [0.05, 0.1) is 10.6 Å². The second-order valence-corrected chi connectivity index (χ2v) is 5.12. The van der Waals surface area contributed by atoms with E-state index in [0.717, 1.165) is 12.8 Å². The Morgan fingerprint density at radius 1 is 1.44 bits per heavy atom. The first-order chi connectivity index (χ1) is 8.11. The zero-order chi connectivity index (χ0) is 12.4. The van der Waals surface area contributed by atoms with E-state index >= 15 is 0 Å². The average Bonchev–Trinajstić information content (AvgIpc) is 3.09. The van der Waals surface area contributed by atoms with Crippen LogP contribution in [0.3, 0.4) is 0 Å². The van der Waals surface area contributed by atoms with Crippen molar-refractivity contribution >= 4 is 41.5 Å². The normalized spacial score (nSPS) is 15.7. The van der Waals surface area contributed by atoms with E-state index in [2.05, 4.69) is 5.32 Å². The molecular weight excluding hydrogens is 295 g/mol. The molecule has 1 aromatic carbocycles. The van der Waals surface area contributed by atoms with Crippen LogP contribution in [-0.4, -0.2) is 18.5 Å². The van der Waals surface area contributed by atoms with Gasteiger partial charge in [-0.05, 0) is 37.0 Å². The van der Waals surface area contributed by atoms with Crippen molar-refractivity contribution in [2.24, 2.45) is 11.7 Å². The van der Waals surface area contributed by atoms with E-state index in [-0.39, 0.29) is 24.4 Å². The van der Waals surface area contributed by atoms with Crippen molar-refractivity contribution in [1.29, 1.82) is 0 Å². The number of halogens is 3. The molecule has 1 saturated carbocycles. The van der Waals surface area contributed by atoms with E-state index in [1.165, 1.54) is 0 Å². The summed E-state index contributed by atoms with van der Waals surface area (Å²) < 4.78 is 0. The summed E-state index contributed by atoms with van der Waals surface area (Å²) in [5.41, 5.74) is 6.07. The van der Waals surface area contributed by atoms with Crippen LogP contribution in [0.4, 0.5) is 0 Å². The lowest BCUT2D eigenvalue weighted by Crippen LogP contribution is -2.41. The zero-order valence-corrected chi connectivity index (χ0v) is 12.0. The predicted molar refractivity (Wildman–Crippen MR) is 76.7 cm³/mol. The van der Waals surface area contributed by atoms with Gasteiger partial charge in [0.2, 0.25) is 0 Å². The predicted octanol–water partition coefficient (Wildman–Crippen LogP) is 2.88. The summed E-state index contributed by atoms with van der Waals surface area (Å²) in [6.45, 7) is 0.460. The van der Waals surface area contributed by atoms with Gasteiger partial charge in [0.15, 0.2) is 0 Å². The van der Waals surface area contributed by atoms with Crippen LogP contribution >= 0.6 is 35.6 Å². The standard InChI is InChI=1S/C12H14Cl2N2O.ClH/c13-8-3-4-9(10(14)5-8)12(17)16-11(6-15)7-1-2-7;/h3-5,7,11H,1-2,6,15H2,(H,16,17);1H. The Labute approximate surface area is 122 Å². The van der Waals surface area contributed by atoms with E-state index in [0.29, 0.717) is 28.1 Å². The molecule has 1 atom stereocenters. The minimum Gasteiger partial charge on any atom is -0.348 e. The average molecular weight is 310 g/mol. The van der Waals surface area contributed by atoms with Crippen LogP contribution < -0.4 is 11.1 Å². The quantitative estimate of drug-likeness (QED) is 0.898. The number of carbonyl (C=O) groups excluding carboxylic acids is 1. The molecule has 1 fully saturated rings. The number of carbonyl (C=O) groups is 1. The molecular formula is C12H15Cl3N2O. The molecule has 0 aliphatic heterocycles. The van der Waals surface area contributed by atoms with Gasteiger partial charge in [0.25, 0.3) is 5.91 Å². The third kappa shape index (κ3) is 3.75. The number of hydrogen-bond acceptors (Lipinski definition) is 2. The first-order valence-electron chi connectivity index (χ1n) is 5.58. The van der Waals surface area contributed by atoms with Gasteiger partial charge >= 0.3 is 0 Å². The molecule has 0 heterocycles. The highest BCUT2D eigenvalue weighted by Crippen LogP contribution is 2.32. The minimum absolute atomic E-state index is 0. The Balaban J connectivity index is 0.00000162. The van der Waals surface area contributed by atoms with Gasteiger partial charge in [-0.3, -0.25) is 4.79 Å². The molecule has 2 rings (SSSR count). The second-order valence-electron chi connectivity index (χ2n) is 4.28. The third-order valence-electron chi connectivity index (χ3n) is 2.94. The lowest BCUT2D eigenvalue weighted by Gasteiger charge is -2.16. The number of nitrogens with one attached hydrogen (secondary N) is 1. The molecule has 0 spiro atoms. The molecule has 0 aromatic heterocycles. The molecule has 18 heavy (non-hydrogen) atoms. The summed E-state index contributed by atoms with van der Waals surface area (Å²) in [6, 6.07) is 4.89. The Hall–Kier alpha value is -0.480. The van der Waals surface area contributed by atoms with Crippen LogP contribution in [-0.2, 0) is 0 Å². The Bertz CT molecular complexity index is 435. The molecule has 1 aliphatic rings. The van der Waals surface area contributed by atoms with Crippen LogP contribution in [0.1, 0.15) is 23.2 Å². The largest absolute Gasteiger partial charge is 0.348 e. The van der Waals surface area contributed by atoms with Crippen LogP contribution in [0.5, 0.6) is 0 Å². The van der Waals surface area contributed by atoms with Gasteiger partial charge in [0, 0.05) is 17.6 Å². The van der Waals surface area contributed by atoms with Crippen molar-refractivity contribution in [1.82, 2.24) is 5.32 Å². The second kappa shape index (κ2) is 6.62. The van der Waals surface area contributed by atoms with Gasteiger partial charge in [-0.25, -0.2) is 0 Å². The van der Waals surface area contributed by atoms with Crippen molar-refractivity contribution in [2.45, 2.75) is 18.9 Å². The lowest BCUT2D eigenvalue weighted by molar-refractivity contribution is 0.0933. The van der Waals surface area contributed by atoms with Gasteiger partial charge in [-0.15, -0.1) is 12.4 Å². The van der Waals surface area contributed by atoms with Crippen molar-refractivity contribution in [3.63, 3.8) is 0 Å². The molecule has 0 radical (unpaired) electrons. The fraction of sp³-hybridized carbons (Fsp3) is 0.417. The summed E-state index contributed by atoms with van der Waals surface area (Å²) in [5, 5.41) is 3.79. The fourth-order valence-corrected chi connectivity index (χ4v) is 2.28. The third-order valence-corrected chi connectivity index (χ3v) is 3.49. The van der Waals surface area contributed by atoms with E-state index in [4.69, 9.17) is 28.9 Å². The Morgan fingerprint density at radius 3 is 2.61 bits per heavy atom. The van der Waals surface area contributed by atoms with E-state index in [9.17, 15) is 4.79 Å². The van der Waals surface area contributed by atoms with Crippen molar-refractivity contribution < 1.29 is 4.79 Å². The van der Waals surface area contributed by atoms with Gasteiger partial charge < -0.3 is 11.1 Å². The van der Waals surface area contributed by atoms with E-state index < -0.39 is 0 Å². The highest BCUT2D eigenvalue weighted by Gasteiger charge is 2.31. The van der Waals surface area contributed by atoms with Crippen LogP contribution in [0.15, 0.2) is 18.2 Å². The maximum absolute atomic E-state index is 12.0. The molecule has 1 unspecified atom stereocenters. The fourth-order valence-electron chi connectivity index (χ4n) is 1.79. The summed E-state index contributed by atoms with van der Waals surface area (Å²) in [6.07, 6.45) is 2.27. The van der Waals surface area contributed by atoms with E-state index in [1.807, 2.05) is 0 Å². The summed E-state index contributed by atoms with van der Waals surface area (Å²) in [4.78, 5) is 12.0. The van der Waals surface area contributed by atoms with Gasteiger partial charge in [-0.2, -0.15) is 0 Å². The van der Waals surface area contributed by atoms with Crippen molar-refractivity contribution in [2.75, 3.05) is 6.54 Å². The maximum atomic E-state index is 12.0. The molecule has 1 amide bonds. The van der Waals surface area contributed by atoms with Crippen LogP contribution in [0.2, 0.25) is 10.0 Å². The van der Waals surface area contributed by atoms with Gasteiger partial charge in [0.1, 0.15) is 0 Å². The lowest BCUT2D eigenvalue weighted by atomic mass is 10.1. The number of rotatable bonds is 4. The van der Waals surface area contributed by atoms with Crippen LogP contribution in [0, 0.1) is 5.92 Å². The SMILES string of the molecule is Cl.NCC(NC(=O)c1ccc(Cl)cc1Cl)C1CC1. The molecule has 1 aliphatic carbocycles. The van der Waals surface area contributed by atoms with Crippen molar-refractivity contribution in [3.05, 3.63) is 33.8 Å². The molecule has 100 valence electrons.